The van der Waals surface area contributed by atoms with Gasteiger partial charge < -0.3 is 79.9 Å². The van der Waals surface area contributed by atoms with Crippen LogP contribution >= 0.6 is 0 Å². The van der Waals surface area contributed by atoms with Crippen molar-refractivity contribution in [3.05, 3.63) is 48.3 Å². The van der Waals surface area contributed by atoms with Gasteiger partial charge in [-0.15, -0.1) is 0 Å². The Balaban J connectivity index is 0.00000102. The molecule has 624 valence electrons. The summed E-state index contributed by atoms with van der Waals surface area (Å²) in [6, 6.07) is -6.44. The minimum absolute atomic E-state index is 0.00962. The van der Waals surface area contributed by atoms with Gasteiger partial charge in [-0.2, -0.15) is 8.78 Å². The zero-order valence-corrected chi connectivity index (χ0v) is 70.7. The number of carbonyl (C=O) groups is 11. The molecule has 0 aliphatic carbocycles. The minimum atomic E-state index is -2.92. The van der Waals surface area contributed by atoms with Crippen molar-refractivity contribution in [2.75, 3.05) is 70.1 Å². The van der Waals surface area contributed by atoms with Gasteiger partial charge >= 0.3 is 6.61 Å². The number of rotatable bonds is 22. The van der Waals surface area contributed by atoms with Crippen molar-refractivity contribution in [1.82, 2.24) is 70.5 Å². The second-order valence-electron chi connectivity index (χ2n) is 31.2. The van der Waals surface area contributed by atoms with E-state index in [1.54, 1.807) is 60.6 Å². The summed E-state index contributed by atoms with van der Waals surface area (Å²) in [7, 11) is 11.3. The van der Waals surface area contributed by atoms with Gasteiger partial charge in [0.1, 0.15) is 66.2 Å². The Kier molecular flexibility index (Phi) is 38.5. The number of methoxy groups -OCH3 is 2. The van der Waals surface area contributed by atoms with Crippen molar-refractivity contribution in [1.29, 1.82) is 0 Å². The number of carbonyl (C=O) groups excluding carboxylic acids is 11. The summed E-state index contributed by atoms with van der Waals surface area (Å²) in [4.78, 5) is 180. The predicted octanol–water partition coefficient (Wildman–Crippen LogP) is 6.15. The van der Waals surface area contributed by atoms with Crippen LogP contribution in [0.3, 0.4) is 0 Å². The highest BCUT2D eigenvalue weighted by molar-refractivity contribution is 7.84. The van der Waals surface area contributed by atoms with Crippen LogP contribution < -0.4 is 35.5 Å². The van der Waals surface area contributed by atoms with E-state index in [0.29, 0.717) is 34.6 Å². The number of allylic oxidation sites excluding steroid dienone is 2. The maximum Gasteiger partial charge on any atom is 0.387 e. The highest BCUT2D eigenvalue weighted by Gasteiger charge is 2.46. The van der Waals surface area contributed by atoms with Gasteiger partial charge in [0, 0.05) is 67.7 Å². The lowest BCUT2D eigenvalue weighted by Gasteiger charge is -2.41. The van der Waals surface area contributed by atoms with Crippen LogP contribution in [-0.4, -0.2) is 267 Å². The molecule has 1 aromatic carbocycles. The van der Waals surface area contributed by atoms with Gasteiger partial charge in [-0.1, -0.05) is 109 Å². The van der Waals surface area contributed by atoms with Crippen LogP contribution in [0.15, 0.2) is 47.8 Å². The van der Waals surface area contributed by atoms with Crippen LogP contribution in [0.4, 0.5) is 8.78 Å². The third-order valence-corrected chi connectivity index (χ3v) is 20.7. The van der Waals surface area contributed by atoms with E-state index in [-0.39, 0.29) is 72.4 Å². The summed E-state index contributed by atoms with van der Waals surface area (Å²) in [5.41, 5.74) is 1.38. The number of nitrogens with one attached hydrogen (secondary N) is 5. The van der Waals surface area contributed by atoms with Gasteiger partial charge in [0.2, 0.25) is 65.0 Å². The van der Waals surface area contributed by atoms with Crippen LogP contribution in [0, 0.1) is 41.4 Å². The van der Waals surface area contributed by atoms with Crippen molar-refractivity contribution >= 4 is 86.8 Å². The summed E-state index contributed by atoms with van der Waals surface area (Å²) in [6.45, 7) is 26.4. The molecule has 0 bridgehead atoms. The molecule has 1 aliphatic rings. The molecule has 0 spiro atoms. The standard InChI is InChI=1S/C62H111N11O12.C16H15F2N3O4S/c1-25-27-28-40(15)52(75)51-56(79)65-43(26-2)58(81)67(18)33-48(74)68(19)44(29-34(3)4)55(78)66-49(38(11)12)61(84)69(20)45(30-35(5)6)54(77)63-41(16)53(76)64-42(17)57(80)70(21)46(31-36(7)8)59(82)71(22)47(32-37(9)10)60(83)72(23)50(39(13)14)62(85)73(51)24;1-23-13-5-6-19-12(14(13)24-2)8-26(22)16-20-10-4-3-9(25-15(17)18)7-11(10)21-16/h25,27,34-47,49-52,75H,26,28-33H2,1-24H3,(H,63,77)(H,64,76)(H,65,79)(H,66,78);3-7,15H,8H2,1-2H3,(H,20,21)/b27-25+;/t40-,41+,42-,43+,44+,45+,46+,47+,49+,50+,51+,52-;/m1./s1. The SMILES string of the molecule is C/C=C/C[C@@H](C)[C@@H](O)[C@H]1C(=O)N[C@@H](CC)C(=O)N(C)CC(=O)N(C)[C@@H](CC(C)C)C(=O)N[C@@H](C(C)C)C(=O)N(C)[C@@H](CC(C)C)C(=O)N[C@@H](C)C(=O)N[C@H](C)C(=O)N(C)[C@@H](CC(C)C)C(=O)N(C)[C@@H](CC(C)C)C(=O)N(C)[C@@H](C(C)C)C(=O)N1C.COc1ccnc(CS(=O)c2nc3ccc(OC(F)F)cc3[nH]2)c1OC. The number of amides is 11. The molecule has 4 rings (SSSR count). The quantitative estimate of drug-likeness (QED) is 0.0614. The van der Waals surface area contributed by atoms with Crippen molar-refractivity contribution in [2.24, 2.45) is 41.4 Å². The lowest BCUT2D eigenvalue weighted by Crippen LogP contribution is -2.63. The van der Waals surface area contributed by atoms with Crippen LogP contribution in [0.2, 0.25) is 0 Å². The van der Waals surface area contributed by atoms with Crippen molar-refractivity contribution in [3.63, 3.8) is 0 Å². The van der Waals surface area contributed by atoms with Crippen molar-refractivity contribution in [2.45, 2.75) is 240 Å². The summed E-state index contributed by atoms with van der Waals surface area (Å²) in [5.74, 6) is -8.80. The maximum absolute atomic E-state index is 15.1. The highest BCUT2D eigenvalue weighted by Crippen LogP contribution is 2.32. The average Bonchev–Trinajstić information content (AvgIpc) is 1.69. The van der Waals surface area contributed by atoms with E-state index in [4.69, 9.17) is 9.47 Å². The fourth-order valence-corrected chi connectivity index (χ4v) is 14.1. The zero-order chi connectivity index (χ0) is 84.7. The largest absolute Gasteiger partial charge is 0.493 e. The van der Waals surface area contributed by atoms with Crippen molar-refractivity contribution in [3.8, 4) is 17.2 Å². The molecule has 13 atom stereocenters. The van der Waals surface area contributed by atoms with Gasteiger partial charge in [-0.05, 0) is 113 Å². The number of fused-ring (bicyclic) bond motifs is 1. The molecule has 111 heavy (non-hydrogen) atoms. The van der Waals surface area contributed by atoms with Crippen molar-refractivity contribution < 1.29 is 85.0 Å². The Bertz CT molecular complexity index is 3710. The summed E-state index contributed by atoms with van der Waals surface area (Å²) < 4.78 is 52.1. The van der Waals surface area contributed by atoms with E-state index in [2.05, 4.69) is 41.0 Å². The highest BCUT2D eigenvalue weighted by atomic mass is 32.2. The number of aromatic amines is 1. The fourth-order valence-electron chi connectivity index (χ4n) is 13.1. The molecule has 30 nitrogen and oxygen atoms in total. The number of halogens is 2. The Morgan fingerprint density at radius 2 is 1.09 bits per heavy atom. The number of alkyl halides is 2. The molecule has 3 heterocycles. The number of H-pyrrole nitrogens is 1. The number of imidazole rings is 1. The maximum atomic E-state index is 15.1. The summed E-state index contributed by atoms with van der Waals surface area (Å²) in [5, 5.41) is 23.3. The summed E-state index contributed by atoms with van der Waals surface area (Å²) >= 11 is 0. The van der Waals surface area contributed by atoms with Crippen LogP contribution in [-0.2, 0) is 69.3 Å². The predicted molar refractivity (Wildman–Crippen MR) is 419 cm³/mol. The molecule has 1 saturated heterocycles. The number of nitrogens with zero attached hydrogens (tertiary/aromatic N) is 9. The van der Waals surface area contributed by atoms with Crippen LogP contribution in [0.5, 0.6) is 17.2 Å². The first-order valence-corrected chi connectivity index (χ1v) is 39.3. The smallest absolute Gasteiger partial charge is 0.387 e. The zero-order valence-electron chi connectivity index (χ0n) is 69.9. The molecule has 1 fully saturated rings. The van der Waals surface area contributed by atoms with E-state index >= 15 is 9.59 Å². The minimum Gasteiger partial charge on any atom is -0.493 e. The molecule has 0 saturated carbocycles. The molecular weight excluding hydrogens is 1460 g/mol. The van der Waals surface area contributed by atoms with Crippen LogP contribution in [0.25, 0.3) is 11.0 Å². The van der Waals surface area contributed by atoms with Gasteiger partial charge in [0.05, 0.1) is 60.1 Å². The average molecular weight is 1590 g/mol. The Morgan fingerprint density at radius 1 is 0.586 bits per heavy atom. The topological polar surface area (TPSA) is 365 Å². The molecule has 11 amide bonds. The number of hydrogen-bond donors (Lipinski definition) is 6. The number of aliphatic hydroxyl groups excluding tert-OH is 1. The monoisotopic (exact) mass is 1580 g/mol. The van der Waals surface area contributed by atoms with E-state index in [1.165, 1.54) is 126 Å². The van der Waals surface area contributed by atoms with E-state index in [0.717, 1.165) is 9.80 Å². The lowest BCUT2D eigenvalue weighted by atomic mass is 9.91. The number of aliphatic hydroxyl groups is 1. The lowest BCUT2D eigenvalue weighted by molar-refractivity contribution is -0.157. The molecule has 0 radical (unpaired) electrons. The van der Waals surface area contributed by atoms with E-state index in [9.17, 15) is 61.2 Å². The number of ether oxygens (including phenoxy) is 3. The van der Waals surface area contributed by atoms with Crippen LogP contribution in [0.1, 0.15) is 162 Å². The Labute approximate surface area is 656 Å². The second kappa shape index (κ2) is 44.4. The normalized spacial score (nSPS) is 23.5. The molecule has 1 aliphatic heterocycles. The Hall–Kier alpha value is -8.88. The first kappa shape index (κ1) is 96.3. The number of pyridine rings is 1. The molecule has 3 aromatic rings. The first-order chi connectivity index (χ1) is 51.7. The second-order valence-corrected chi connectivity index (χ2v) is 32.5. The Morgan fingerprint density at radius 3 is 1.59 bits per heavy atom. The van der Waals surface area contributed by atoms with Gasteiger partial charge in [-0.3, -0.25) is 61.9 Å². The first-order valence-electron chi connectivity index (χ1n) is 38.0. The third kappa shape index (κ3) is 26.9. The number of hydrogen-bond acceptors (Lipinski definition) is 18. The van der Waals surface area contributed by atoms with E-state index < -0.39 is 173 Å². The molecule has 33 heteroatoms. The fraction of sp³-hybridized carbons (Fsp3) is 0.679. The molecule has 2 aromatic heterocycles. The third-order valence-electron chi connectivity index (χ3n) is 19.6. The van der Waals surface area contributed by atoms with Gasteiger partial charge in [-0.25, -0.2) is 4.98 Å². The van der Waals surface area contributed by atoms with Gasteiger partial charge in [0.15, 0.2) is 16.7 Å². The van der Waals surface area contributed by atoms with E-state index in [1.807, 2.05) is 61.5 Å². The molecule has 1 unspecified atom stereocenters. The van der Waals surface area contributed by atoms with Gasteiger partial charge in [0.25, 0.3) is 0 Å². The number of likely N-dealkylation sites (N-methyl/N-ethyl adjacent to an activating group) is 7. The number of benzene rings is 1. The number of aromatic nitrogens is 3. The summed E-state index contributed by atoms with van der Waals surface area (Å²) in [6.07, 6.45) is 4.57. The molecule has 6 N–H and O–H groups in total. The molecular formula is C78H126F2N14O16S.